The van der Waals surface area contributed by atoms with Gasteiger partial charge in [0.1, 0.15) is 10.7 Å². The molecular weight excluding hydrogens is 310 g/mol. The minimum atomic E-state index is -3.56. The van der Waals surface area contributed by atoms with Crippen LogP contribution >= 0.6 is 11.6 Å². The van der Waals surface area contributed by atoms with Gasteiger partial charge in [0.05, 0.1) is 5.02 Å². The number of pyridine rings is 1. The Morgan fingerprint density at radius 1 is 1.33 bits per heavy atom. The highest BCUT2D eigenvalue weighted by molar-refractivity contribution is 7.89. The van der Waals surface area contributed by atoms with Gasteiger partial charge in [0.15, 0.2) is 0 Å². The average Bonchev–Trinajstić information content (AvgIpc) is 2.48. The van der Waals surface area contributed by atoms with Crippen molar-refractivity contribution in [1.29, 1.82) is 0 Å². The van der Waals surface area contributed by atoms with Crippen molar-refractivity contribution < 1.29 is 8.42 Å². The summed E-state index contributed by atoms with van der Waals surface area (Å²) >= 11 is 6.04. The number of hydrogen-bond acceptors (Lipinski definition) is 4. The Bertz CT molecular complexity index is 559. The van der Waals surface area contributed by atoms with Gasteiger partial charge >= 0.3 is 0 Å². The van der Waals surface area contributed by atoms with Crippen molar-refractivity contribution in [3.8, 4) is 0 Å². The minimum absolute atomic E-state index is 0.138. The first-order valence-electron chi connectivity index (χ1n) is 7.24. The number of hydrogen-bond donors (Lipinski definition) is 1. The van der Waals surface area contributed by atoms with E-state index in [9.17, 15) is 8.42 Å². The van der Waals surface area contributed by atoms with Crippen LogP contribution in [0.1, 0.15) is 33.6 Å². The number of halogens is 1. The highest BCUT2D eigenvalue weighted by atomic mass is 35.5. The van der Waals surface area contributed by atoms with E-state index in [-0.39, 0.29) is 4.90 Å². The molecule has 0 saturated carbocycles. The van der Waals surface area contributed by atoms with Crippen LogP contribution < -0.4 is 5.32 Å². The Kier molecular flexibility index (Phi) is 6.90. The lowest BCUT2D eigenvalue weighted by molar-refractivity contribution is 0.339. The minimum Gasteiger partial charge on any atom is -0.372 e. The first kappa shape index (κ1) is 18.2. The van der Waals surface area contributed by atoms with Crippen molar-refractivity contribution in [3.05, 3.63) is 17.3 Å². The van der Waals surface area contributed by atoms with E-state index in [1.807, 2.05) is 6.92 Å². The fraction of sp³-hybridized carbons (Fsp3) is 0.643. The number of anilines is 1. The third-order valence-electron chi connectivity index (χ3n) is 3.66. The van der Waals surface area contributed by atoms with E-state index in [2.05, 4.69) is 24.1 Å². The van der Waals surface area contributed by atoms with Gasteiger partial charge in [-0.2, -0.15) is 4.31 Å². The molecule has 1 N–H and O–H groups in total. The molecule has 0 aliphatic heterocycles. The van der Waals surface area contributed by atoms with Crippen molar-refractivity contribution in [3.63, 3.8) is 0 Å². The fourth-order valence-corrected chi connectivity index (χ4v) is 3.95. The van der Waals surface area contributed by atoms with E-state index in [1.165, 1.54) is 16.6 Å². The van der Waals surface area contributed by atoms with Gasteiger partial charge in [0, 0.05) is 26.3 Å². The number of sulfonamides is 1. The maximum atomic E-state index is 12.7. The lowest BCUT2D eigenvalue weighted by atomic mass is 10.0. The Labute approximate surface area is 132 Å². The summed E-state index contributed by atoms with van der Waals surface area (Å²) in [4.78, 5) is 4.19. The van der Waals surface area contributed by atoms with Gasteiger partial charge in [0.25, 0.3) is 0 Å². The van der Waals surface area contributed by atoms with Crippen molar-refractivity contribution in [2.24, 2.45) is 5.92 Å². The Balaban J connectivity index is 3.09. The van der Waals surface area contributed by atoms with Crippen LogP contribution in [0.2, 0.25) is 5.02 Å². The number of aromatic nitrogens is 1. The van der Waals surface area contributed by atoms with E-state index in [0.717, 1.165) is 12.8 Å². The van der Waals surface area contributed by atoms with Gasteiger partial charge in [-0.05, 0) is 12.0 Å². The summed E-state index contributed by atoms with van der Waals surface area (Å²) in [6.07, 6.45) is 3.27. The molecule has 1 aromatic heterocycles. The molecule has 0 amide bonds. The van der Waals surface area contributed by atoms with Crippen LogP contribution in [-0.2, 0) is 10.0 Å². The molecule has 1 aromatic rings. The van der Waals surface area contributed by atoms with Gasteiger partial charge in [-0.3, -0.25) is 0 Å². The number of nitrogens with one attached hydrogen (secondary N) is 1. The molecule has 0 atom stereocenters. The zero-order valence-corrected chi connectivity index (χ0v) is 14.6. The molecule has 0 saturated heterocycles. The molecule has 0 aliphatic carbocycles. The van der Waals surface area contributed by atoms with Gasteiger partial charge in [-0.15, -0.1) is 0 Å². The van der Waals surface area contributed by atoms with Crippen LogP contribution in [0.4, 0.5) is 5.82 Å². The molecule has 21 heavy (non-hydrogen) atoms. The second kappa shape index (κ2) is 7.96. The molecule has 120 valence electrons. The second-order valence-corrected chi connectivity index (χ2v) is 7.23. The van der Waals surface area contributed by atoms with E-state index in [0.29, 0.717) is 29.8 Å². The van der Waals surface area contributed by atoms with E-state index < -0.39 is 10.0 Å². The number of nitrogens with zero attached hydrogens (tertiary/aromatic N) is 2. The molecule has 0 bridgehead atoms. The van der Waals surface area contributed by atoms with E-state index >= 15 is 0 Å². The first-order valence-corrected chi connectivity index (χ1v) is 9.05. The topological polar surface area (TPSA) is 62.3 Å². The van der Waals surface area contributed by atoms with Gasteiger partial charge in [0.2, 0.25) is 10.0 Å². The lowest BCUT2D eigenvalue weighted by Crippen LogP contribution is -2.35. The molecule has 7 heteroatoms. The molecule has 5 nitrogen and oxygen atoms in total. The van der Waals surface area contributed by atoms with Gasteiger partial charge in [-0.1, -0.05) is 45.2 Å². The van der Waals surface area contributed by atoms with Crippen LogP contribution in [0.25, 0.3) is 0 Å². The predicted molar refractivity (Wildman–Crippen MR) is 87.3 cm³/mol. The SMILES string of the molecule is CCC(CC)CN(CC)S(=O)(=O)c1cnc(NC)c(Cl)c1. The summed E-state index contributed by atoms with van der Waals surface area (Å²) in [6.45, 7) is 6.96. The molecule has 0 spiro atoms. The summed E-state index contributed by atoms with van der Waals surface area (Å²) in [7, 11) is -1.87. The molecule has 1 heterocycles. The van der Waals surface area contributed by atoms with Crippen molar-refractivity contribution in [2.45, 2.75) is 38.5 Å². The van der Waals surface area contributed by atoms with E-state index in [4.69, 9.17) is 11.6 Å². The third kappa shape index (κ3) is 4.31. The second-order valence-electron chi connectivity index (χ2n) is 4.89. The molecule has 0 fully saturated rings. The molecular formula is C14H24ClN3O2S. The summed E-state index contributed by atoms with van der Waals surface area (Å²) in [5, 5.41) is 3.12. The van der Waals surface area contributed by atoms with Crippen LogP contribution in [0.5, 0.6) is 0 Å². The molecule has 0 aliphatic rings. The molecule has 0 unspecified atom stereocenters. The standard InChI is InChI=1S/C14H24ClN3O2S/c1-5-11(6-2)10-18(7-3)21(19,20)12-8-13(15)14(16-4)17-9-12/h8-9,11H,5-7,10H2,1-4H3,(H,16,17). The van der Waals surface area contributed by atoms with Crippen LogP contribution in [0, 0.1) is 5.92 Å². The molecule has 0 aromatic carbocycles. The Morgan fingerprint density at radius 2 is 1.95 bits per heavy atom. The van der Waals surface area contributed by atoms with Crippen LogP contribution in [0.3, 0.4) is 0 Å². The summed E-state index contributed by atoms with van der Waals surface area (Å²) in [6, 6.07) is 1.45. The number of rotatable bonds is 8. The normalized spacial score (nSPS) is 12.1. The predicted octanol–water partition coefficient (Wildman–Crippen LogP) is 3.22. The maximum Gasteiger partial charge on any atom is 0.244 e. The highest BCUT2D eigenvalue weighted by Crippen LogP contribution is 2.25. The summed E-state index contributed by atoms with van der Waals surface area (Å²) < 4.78 is 26.9. The van der Waals surface area contributed by atoms with Crippen molar-refractivity contribution in [1.82, 2.24) is 9.29 Å². The summed E-state index contributed by atoms with van der Waals surface area (Å²) in [5.41, 5.74) is 0. The Hall–Kier alpha value is -0.850. The smallest absolute Gasteiger partial charge is 0.244 e. The van der Waals surface area contributed by atoms with Gasteiger partial charge < -0.3 is 5.32 Å². The van der Waals surface area contributed by atoms with Gasteiger partial charge in [-0.25, -0.2) is 13.4 Å². The van der Waals surface area contributed by atoms with Crippen molar-refractivity contribution in [2.75, 3.05) is 25.5 Å². The largest absolute Gasteiger partial charge is 0.372 e. The fourth-order valence-electron chi connectivity index (χ4n) is 2.13. The lowest BCUT2D eigenvalue weighted by Gasteiger charge is -2.24. The maximum absolute atomic E-state index is 12.7. The molecule has 1 rings (SSSR count). The Morgan fingerprint density at radius 3 is 2.38 bits per heavy atom. The zero-order chi connectivity index (χ0) is 16.0. The van der Waals surface area contributed by atoms with Crippen LogP contribution in [0.15, 0.2) is 17.2 Å². The van der Waals surface area contributed by atoms with Crippen molar-refractivity contribution >= 4 is 27.4 Å². The highest BCUT2D eigenvalue weighted by Gasteiger charge is 2.26. The summed E-state index contributed by atoms with van der Waals surface area (Å²) in [5.74, 6) is 0.832. The zero-order valence-electron chi connectivity index (χ0n) is 13.1. The average molecular weight is 334 g/mol. The quantitative estimate of drug-likeness (QED) is 0.793. The first-order chi connectivity index (χ1) is 9.90. The molecule has 0 radical (unpaired) electrons. The van der Waals surface area contributed by atoms with E-state index in [1.54, 1.807) is 7.05 Å². The third-order valence-corrected chi connectivity index (χ3v) is 5.85. The monoisotopic (exact) mass is 333 g/mol. The van der Waals surface area contributed by atoms with Crippen LogP contribution in [-0.4, -0.2) is 37.8 Å².